The molecule has 2 aromatic heterocycles. The first-order valence-electron chi connectivity index (χ1n) is 12.0. The summed E-state index contributed by atoms with van der Waals surface area (Å²) in [5.41, 5.74) is 3.86. The fourth-order valence-electron chi connectivity index (χ4n) is 4.43. The Morgan fingerprint density at radius 2 is 1.86 bits per heavy atom. The van der Waals surface area contributed by atoms with Crippen LogP contribution in [-0.2, 0) is 0 Å². The topological polar surface area (TPSA) is 53.6 Å². The number of hydrogen-bond acceptors (Lipinski definition) is 4. The molecule has 0 spiro atoms. The van der Waals surface area contributed by atoms with Crippen LogP contribution >= 0.6 is 11.8 Å². The molecule has 0 bridgehead atoms. The van der Waals surface area contributed by atoms with Gasteiger partial charge < -0.3 is 10.3 Å². The van der Waals surface area contributed by atoms with E-state index in [1.807, 2.05) is 42.7 Å². The van der Waals surface area contributed by atoms with Crippen LogP contribution in [0.2, 0.25) is 0 Å². The maximum absolute atomic E-state index is 14.3. The number of alkyl halides is 1. The summed E-state index contributed by atoms with van der Waals surface area (Å²) in [7, 11) is 0. The van der Waals surface area contributed by atoms with Crippen molar-refractivity contribution in [2.75, 3.05) is 18.1 Å². The molecule has 1 aliphatic carbocycles. The summed E-state index contributed by atoms with van der Waals surface area (Å²) in [4.78, 5) is 12.7. The molecule has 1 saturated carbocycles. The molecule has 0 amide bonds. The van der Waals surface area contributed by atoms with Gasteiger partial charge in [-0.05, 0) is 42.0 Å². The van der Waals surface area contributed by atoms with Crippen LogP contribution in [0.4, 0.5) is 10.2 Å². The van der Waals surface area contributed by atoms with Crippen LogP contribution in [0.5, 0.6) is 0 Å². The molecule has 1 fully saturated rings. The number of pyridine rings is 1. The lowest BCUT2D eigenvalue weighted by molar-refractivity contribution is 0.364. The molecular weight excluding hydrogens is 467 g/mol. The van der Waals surface area contributed by atoms with Crippen LogP contribution in [0.1, 0.15) is 32.0 Å². The molecule has 0 radical (unpaired) electrons. The molecule has 1 aliphatic rings. The molecule has 4 aromatic rings. The molecule has 0 saturated heterocycles. The Morgan fingerprint density at radius 3 is 2.47 bits per heavy atom. The van der Waals surface area contributed by atoms with E-state index < -0.39 is 5.67 Å². The van der Waals surface area contributed by atoms with Gasteiger partial charge in [0.2, 0.25) is 0 Å². The summed E-state index contributed by atoms with van der Waals surface area (Å²) >= 11 is 1.54. The Kier molecular flexibility index (Phi) is 7.05. The smallest absolute Gasteiger partial charge is 0.166 e. The van der Waals surface area contributed by atoms with Crippen molar-refractivity contribution in [2.24, 2.45) is 5.92 Å². The number of halogens is 1. The fraction of sp³-hybridized carbons (Fsp3) is 0.200. The summed E-state index contributed by atoms with van der Waals surface area (Å²) in [6.07, 6.45) is 9.51. The predicted molar refractivity (Wildman–Crippen MR) is 152 cm³/mol. The van der Waals surface area contributed by atoms with Gasteiger partial charge in [-0.15, -0.1) is 0 Å². The van der Waals surface area contributed by atoms with Crippen LogP contribution in [-0.4, -0.2) is 33.4 Å². The number of benzene rings is 2. The van der Waals surface area contributed by atoms with Crippen molar-refractivity contribution in [1.29, 1.82) is 0 Å². The maximum Gasteiger partial charge on any atom is 0.166 e. The zero-order chi connectivity index (χ0) is 25.0. The van der Waals surface area contributed by atoms with Crippen molar-refractivity contribution in [3.63, 3.8) is 0 Å². The first-order valence-corrected chi connectivity index (χ1v) is 13.3. The minimum atomic E-state index is -1.28. The summed E-state index contributed by atoms with van der Waals surface area (Å²) in [6.45, 7) is 4.32. The normalized spacial score (nSPS) is 19.0. The van der Waals surface area contributed by atoms with Crippen molar-refractivity contribution in [3.05, 3.63) is 115 Å². The molecule has 5 rings (SSSR count). The van der Waals surface area contributed by atoms with E-state index in [0.29, 0.717) is 13.0 Å². The fourth-order valence-corrected chi connectivity index (χ4v) is 4.83. The monoisotopic (exact) mass is 500 g/mol. The third kappa shape index (κ3) is 5.29. The number of thioether (sulfide) groups is 1. The van der Waals surface area contributed by atoms with Gasteiger partial charge >= 0.3 is 0 Å². The average Bonchev–Trinajstić information content (AvgIpc) is 3.40. The second kappa shape index (κ2) is 10.5. The summed E-state index contributed by atoms with van der Waals surface area (Å²) in [5, 5.41) is 4.35. The Balaban J connectivity index is 0.00000200. The van der Waals surface area contributed by atoms with Gasteiger partial charge in [0, 0.05) is 33.0 Å². The van der Waals surface area contributed by atoms with E-state index in [1.165, 1.54) is 17.2 Å². The summed E-state index contributed by atoms with van der Waals surface area (Å²) in [5.74, 6) is 0.838. The average molecular weight is 501 g/mol. The van der Waals surface area contributed by atoms with Gasteiger partial charge in [-0.3, -0.25) is 0 Å². The first kappa shape index (κ1) is 24.1. The summed E-state index contributed by atoms with van der Waals surface area (Å²) < 4.78 is 14.3. The third-order valence-electron chi connectivity index (χ3n) is 6.65. The van der Waals surface area contributed by atoms with E-state index in [9.17, 15) is 4.39 Å². The SMILES string of the molecule is C=CC1(F)CC1/C=C/c1[nH]c(SC)nc1-c1ccnc(NCC(c2ccccc2)c2ccccc2)c1.[HH].[HH]. The minimum Gasteiger partial charge on any atom is -0.369 e. The Bertz CT molecular complexity index is 1320. The van der Waals surface area contributed by atoms with Crippen LogP contribution in [0.3, 0.4) is 0 Å². The van der Waals surface area contributed by atoms with E-state index in [4.69, 9.17) is 4.98 Å². The highest BCUT2D eigenvalue weighted by atomic mass is 32.2. The van der Waals surface area contributed by atoms with E-state index in [-0.39, 0.29) is 14.7 Å². The molecule has 0 aliphatic heterocycles. The molecule has 2 heterocycles. The zero-order valence-corrected chi connectivity index (χ0v) is 21.0. The number of rotatable bonds is 10. The minimum absolute atomic E-state index is 0. The molecule has 36 heavy (non-hydrogen) atoms. The quantitative estimate of drug-likeness (QED) is 0.172. The number of nitrogens with zero attached hydrogens (tertiary/aromatic N) is 2. The molecule has 2 N–H and O–H groups in total. The number of aromatic amines is 1. The van der Waals surface area contributed by atoms with Crippen LogP contribution in [0.25, 0.3) is 17.3 Å². The molecule has 4 nitrogen and oxygen atoms in total. The number of allylic oxidation sites excluding steroid dienone is 2. The molecule has 2 unspecified atom stereocenters. The van der Waals surface area contributed by atoms with E-state index in [1.54, 1.807) is 18.0 Å². The van der Waals surface area contributed by atoms with Crippen molar-refractivity contribution >= 4 is 23.7 Å². The summed E-state index contributed by atoms with van der Waals surface area (Å²) in [6, 6.07) is 25.0. The van der Waals surface area contributed by atoms with Crippen molar-refractivity contribution in [2.45, 2.75) is 23.2 Å². The van der Waals surface area contributed by atoms with Crippen molar-refractivity contribution in [1.82, 2.24) is 15.0 Å². The standard InChI is InChI=1S/C30H29FN4S.2H2/c1-3-30(31)19-24(30)14-15-26-28(35-29(34-26)36-2)23-16-17-32-27(18-23)33-20-25(21-10-6-4-7-11-21)22-12-8-5-9-13-22;;/h3-18,24-25H,1,19-20H2,2H3,(H,32,33)(H,34,35);2*1H/b15-14+;;. The number of aromatic nitrogens is 3. The molecule has 2 atom stereocenters. The van der Waals surface area contributed by atoms with E-state index in [2.05, 4.69) is 70.4 Å². The Morgan fingerprint density at radius 1 is 1.17 bits per heavy atom. The third-order valence-corrected chi connectivity index (χ3v) is 7.23. The lowest BCUT2D eigenvalue weighted by atomic mass is 9.91. The van der Waals surface area contributed by atoms with Gasteiger partial charge in [-0.25, -0.2) is 14.4 Å². The van der Waals surface area contributed by atoms with Gasteiger partial charge in [0.15, 0.2) is 5.16 Å². The number of anilines is 1. The lowest BCUT2D eigenvalue weighted by Gasteiger charge is -2.19. The highest BCUT2D eigenvalue weighted by molar-refractivity contribution is 7.98. The second-order valence-corrected chi connectivity index (χ2v) is 9.79. The van der Waals surface area contributed by atoms with Gasteiger partial charge in [0.05, 0.1) is 11.4 Å². The zero-order valence-electron chi connectivity index (χ0n) is 20.2. The van der Waals surface area contributed by atoms with Crippen LogP contribution < -0.4 is 5.32 Å². The first-order chi connectivity index (χ1) is 17.6. The number of hydrogen-bond donors (Lipinski definition) is 2. The number of H-pyrrole nitrogens is 1. The number of nitrogens with one attached hydrogen (secondary N) is 2. The Labute approximate surface area is 218 Å². The maximum atomic E-state index is 14.3. The predicted octanol–water partition coefficient (Wildman–Crippen LogP) is 7.86. The highest BCUT2D eigenvalue weighted by Gasteiger charge is 2.51. The number of imidazole rings is 1. The largest absolute Gasteiger partial charge is 0.369 e. The van der Waals surface area contributed by atoms with Crippen LogP contribution in [0, 0.1) is 5.92 Å². The van der Waals surface area contributed by atoms with Gasteiger partial charge in [-0.1, -0.05) is 91.2 Å². The molecule has 186 valence electrons. The van der Waals surface area contributed by atoms with Gasteiger partial charge in [0.25, 0.3) is 0 Å². The molecular formula is C30H33FN4S. The van der Waals surface area contributed by atoms with Gasteiger partial charge in [0.1, 0.15) is 11.5 Å². The van der Waals surface area contributed by atoms with Gasteiger partial charge in [-0.2, -0.15) is 0 Å². The lowest BCUT2D eigenvalue weighted by Crippen LogP contribution is -2.14. The van der Waals surface area contributed by atoms with E-state index in [0.717, 1.165) is 27.9 Å². The van der Waals surface area contributed by atoms with Crippen molar-refractivity contribution < 1.29 is 7.24 Å². The van der Waals surface area contributed by atoms with Crippen molar-refractivity contribution in [3.8, 4) is 11.3 Å². The second-order valence-electron chi connectivity index (χ2n) is 8.99. The van der Waals surface area contributed by atoms with Crippen LogP contribution in [0.15, 0.2) is 103 Å². The molecule has 6 heteroatoms. The Hall–Kier alpha value is -3.64. The van der Waals surface area contributed by atoms with E-state index >= 15 is 0 Å². The highest BCUT2D eigenvalue weighted by Crippen LogP contribution is 2.49. The molecule has 2 aromatic carbocycles.